The minimum absolute atomic E-state index is 0.0369. The molecule has 1 amide bonds. The molecule has 8 nitrogen and oxygen atoms in total. The van der Waals surface area contributed by atoms with E-state index in [-0.39, 0.29) is 24.8 Å². The number of nitrogens with two attached hydrogens (primary N) is 1. The van der Waals surface area contributed by atoms with Gasteiger partial charge in [-0.15, -0.1) is 0 Å². The van der Waals surface area contributed by atoms with Crippen molar-refractivity contribution in [1.82, 2.24) is 9.97 Å². The Morgan fingerprint density at radius 3 is 2.83 bits per heavy atom. The molecule has 1 aromatic rings. The van der Waals surface area contributed by atoms with E-state index in [1.807, 2.05) is 0 Å². The van der Waals surface area contributed by atoms with Gasteiger partial charge in [-0.2, -0.15) is 4.98 Å². The first kappa shape index (κ1) is 12.7. The van der Waals surface area contributed by atoms with E-state index >= 15 is 0 Å². The number of carbonyl (C=O) groups excluding carboxylic acids is 1. The highest BCUT2D eigenvalue weighted by Crippen LogP contribution is 2.22. The Kier molecular flexibility index (Phi) is 3.18. The van der Waals surface area contributed by atoms with Crippen LogP contribution in [0.4, 0.5) is 5.95 Å². The van der Waals surface area contributed by atoms with E-state index in [2.05, 4.69) is 9.97 Å². The van der Waals surface area contributed by atoms with Gasteiger partial charge in [0.2, 0.25) is 27.8 Å². The molecular weight excluding hydrogens is 260 g/mol. The Balaban J connectivity index is 2.27. The SMILES string of the molecule is COc1ccnc(N2CC(S(N)(=O)=O)CC2=O)n1. The predicted molar refractivity (Wildman–Crippen MR) is 62.4 cm³/mol. The summed E-state index contributed by atoms with van der Waals surface area (Å²) in [5.74, 6) is 0.0413. The van der Waals surface area contributed by atoms with Crippen LogP contribution in [0.5, 0.6) is 5.88 Å². The zero-order valence-corrected chi connectivity index (χ0v) is 10.4. The van der Waals surface area contributed by atoms with Gasteiger partial charge < -0.3 is 4.74 Å². The number of rotatable bonds is 3. The smallest absolute Gasteiger partial charge is 0.235 e. The van der Waals surface area contributed by atoms with Crippen molar-refractivity contribution >= 4 is 21.9 Å². The second-order valence-corrected chi connectivity index (χ2v) is 5.66. The van der Waals surface area contributed by atoms with Crippen LogP contribution >= 0.6 is 0 Å². The standard InChI is InChI=1S/C9H12N4O4S/c1-17-7-2-3-11-9(12-7)13-5-6(4-8(13)14)18(10,15)16/h2-3,6H,4-5H2,1H3,(H2,10,15,16). The fourth-order valence-electron chi connectivity index (χ4n) is 1.66. The number of hydrogen-bond donors (Lipinski definition) is 1. The molecule has 0 aliphatic carbocycles. The molecule has 2 heterocycles. The molecule has 1 unspecified atom stereocenters. The molecule has 1 aromatic heterocycles. The maximum absolute atomic E-state index is 11.7. The molecule has 0 aromatic carbocycles. The van der Waals surface area contributed by atoms with Crippen molar-refractivity contribution in [3.8, 4) is 5.88 Å². The van der Waals surface area contributed by atoms with Crippen LogP contribution in [-0.4, -0.2) is 43.2 Å². The van der Waals surface area contributed by atoms with Crippen LogP contribution in [0.1, 0.15) is 6.42 Å². The van der Waals surface area contributed by atoms with E-state index in [4.69, 9.17) is 9.88 Å². The molecule has 18 heavy (non-hydrogen) atoms. The van der Waals surface area contributed by atoms with Crippen molar-refractivity contribution in [1.29, 1.82) is 0 Å². The fourth-order valence-corrected chi connectivity index (χ4v) is 2.40. The van der Waals surface area contributed by atoms with E-state index in [0.29, 0.717) is 5.88 Å². The summed E-state index contributed by atoms with van der Waals surface area (Å²) < 4.78 is 27.3. The minimum atomic E-state index is -3.74. The lowest BCUT2D eigenvalue weighted by Crippen LogP contribution is -2.32. The summed E-state index contributed by atoms with van der Waals surface area (Å²) in [7, 11) is -2.31. The van der Waals surface area contributed by atoms with Gasteiger partial charge in [0, 0.05) is 25.2 Å². The van der Waals surface area contributed by atoms with Gasteiger partial charge >= 0.3 is 0 Å². The molecule has 0 radical (unpaired) electrons. The van der Waals surface area contributed by atoms with Crippen molar-refractivity contribution in [3.63, 3.8) is 0 Å². The molecule has 1 atom stereocenters. The van der Waals surface area contributed by atoms with Crippen molar-refractivity contribution in [2.75, 3.05) is 18.6 Å². The van der Waals surface area contributed by atoms with Crippen molar-refractivity contribution in [2.45, 2.75) is 11.7 Å². The highest BCUT2D eigenvalue weighted by molar-refractivity contribution is 7.89. The number of methoxy groups -OCH3 is 1. The summed E-state index contributed by atoms with van der Waals surface area (Å²) in [4.78, 5) is 20.8. The molecule has 0 bridgehead atoms. The summed E-state index contributed by atoms with van der Waals surface area (Å²) in [5, 5.41) is 4.11. The van der Waals surface area contributed by atoms with Crippen LogP contribution in [0.2, 0.25) is 0 Å². The number of ether oxygens (including phenoxy) is 1. The van der Waals surface area contributed by atoms with E-state index in [1.165, 1.54) is 24.3 Å². The number of sulfonamides is 1. The Labute approximate surface area is 104 Å². The van der Waals surface area contributed by atoms with E-state index in [0.717, 1.165) is 0 Å². The zero-order chi connectivity index (χ0) is 13.3. The second kappa shape index (κ2) is 4.50. The van der Waals surface area contributed by atoms with E-state index in [1.54, 1.807) is 0 Å². The molecule has 0 spiro atoms. The molecule has 2 rings (SSSR count). The van der Waals surface area contributed by atoms with Gasteiger partial charge in [0.05, 0.1) is 7.11 Å². The second-order valence-electron chi connectivity index (χ2n) is 3.82. The predicted octanol–water partition coefficient (Wildman–Crippen LogP) is -1.12. The van der Waals surface area contributed by atoms with Gasteiger partial charge in [0.1, 0.15) is 5.25 Å². The van der Waals surface area contributed by atoms with Gasteiger partial charge in [-0.3, -0.25) is 9.69 Å². The Morgan fingerprint density at radius 1 is 1.56 bits per heavy atom. The number of aromatic nitrogens is 2. The first-order valence-electron chi connectivity index (χ1n) is 5.11. The molecule has 98 valence electrons. The minimum Gasteiger partial charge on any atom is -0.481 e. The third-order valence-corrected chi connectivity index (χ3v) is 3.87. The maximum Gasteiger partial charge on any atom is 0.235 e. The van der Waals surface area contributed by atoms with Crippen molar-refractivity contribution < 1.29 is 17.9 Å². The van der Waals surface area contributed by atoms with Gasteiger partial charge in [-0.05, 0) is 0 Å². The van der Waals surface area contributed by atoms with E-state index < -0.39 is 15.3 Å². The average Bonchev–Trinajstić information content (AvgIpc) is 2.71. The van der Waals surface area contributed by atoms with Crippen LogP contribution in [0, 0.1) is 0 Å². The molecule has 9 heteroatoms. The Bertz CT molecular complexity index is 574. The summed E-state index contributed by atoms with van der Waals surface area (Å²) in [6.45, 7) is -0.0369. The number of amides is 1. The highest BCUT2D eigenvalue weighted by Gasteiger charge is 2.38. The van der Waals surface area contributed by atoms with Gasteiger partial charge in [-0.1, -0.05) is 0 Å². The van der Waals surface area contributed by atoms with Gasteiger partial charge in [-0.25, -0.2) is 18.5 Å². The van der Waals surface area contributed by atoms with Crippen LogP contribution in [0.15, 0.2) is 12.3 Å². The lowest BCUT2D eigenvalue weighted by molar-refractivity contribution is -0.117. The molecule has 1 aliphatic heterocycles. The largest absolute Gasteiger partial charge is 0.481 e. The van der Waals surface area contributed by atoms with Crippen LogP contribution in [-0.2, 0) is 14.8 Å². The number of nitrogens with zero attached hydrogens (tertiary/aromatic N) is 3. The molecule has 1 fully saturated rings. The van der Waals surface area contributed by atoms with Crippen LogP contribution < -0.4 is 14.8 Å². The summed E-state index contributed by atoms with van der Waals surface area (Å²) in [5.41, 5.74) is 0. The highest BCUT2D eigenvalue weighted by atomic mass is 32.2. The Morgan fingerprint density at radius 2 is 2.28 bits per heavy atom. The quantitative estimate of drug-likeness (QED) is 0.745. The normalized spacial score (nSPS) is 20.2. The fraction of sp³-hybridized carbons (Fsp3) is 0.444. The lowest BCUT2D eigenvalue weighted by Gasteiger charge is -2.14. The van der Waals surface area contributed by atoms with Gasteiger partial charge in [0.25, 0.3) is 0 Å². The first-order chi connectivity index (χ1) is 8.41. The third-order valence-electron chi connectivity index (χ3n) is 2.62. The summed E-state index contributed by atoms with van der Waals surface area (Å²) in [6, 6.07) is 1.53. The number of carbonyl (C=O) groups is 1. The molecule has 1 saturated heterocycles. The van der Waals surface area contributed by atoms with Crippen molar-refractivity contribution in [3.05, 3.63) is 12.3 Å². The first-order valence-corrected chi connectivity index (χ1v) is 6.72. The topological polar surface area (TPSA) is 115 Å². The van der Waals surface area contributed by atoms with Gasteiger partial charge in [0.15, 0.2) is 0 Å². The maximum atomic E-state index is 11.7. The summed E-state index contributed by atoms with van der Waals surface area (Å²) in [6.07, 6.45) is 1.28. The lowest BCUT2D eigenvalue weighted by atomic mass is 10.4. The van der Waals surface area contributed by atoms with E-state index in [9.17, 15) is 13.2 Å². The molecule has 1 aliphatic rings. The Hall–Kier alpha value is -1.74. The number of anilines is 1. The summed E-state index contributed by atoms with van der Waals surface area (Å²) >= 11 is 0. The number of hydrogen-bond acceptors (Lipinski definition) is 6. The van der Waals surface area contributed by atoms with Crippen LogP contribution in [0.3, 0.4) is 0 Å². The van der Waals surface area contributed by atoms with Crippen LogP contribution in [0.25, 0.3) is 0 Å². The third kappa shape index (κ3) is 2.41. The van der Waals surface area contributed by atoms with Crippen molar-refractivity contribution in [2.24, 2.45) is 5.14 Å². The number of primary sulfonamides is 1. The monoisotopic (exact) mass is 272 g/mol. The average molecular weight is 272 g/mol. The molecular formula is C9H12N4O4S. The molecule has 2 N–H and O–H groups in total. The molecule has 0 saturated carbocycles. The zero-order valence-electron chi connectivity index (χ0n) is 9.61.